The third-order valence-corrected chi connectivity index (χ3v) is 5.58. The number of primary amides is 1. The molecule has 7 heteroatoms. The number of thiophene rings is 1. The first-order valence-corrected chi connectivity index (χ1v) is 9.46. The number of nitrogens with two attached hydrogens (primary N) is 1. The summed E-state index contributed by atoms with van der Waals surface area (Å²) in [6.07, 6.45) is 6.93. The standard InChI is InChI=1S/C19H19N5OS/c20-18(25)14-5-9-24(10-6-14)19-22-12-15(13-3-7-21-8-4-13)17(23-19)16-2-1-11-26-16/h1-4,7-8,11-12,14H,5-6,9-10H2,(H2,20,25). The normalized spacial score (nSPS) is 15.2. The molecular weight excluding hydrogens is 346 g/mol. The molecule has 1 saturated heterocycles. The Bertz CT molecular complexity index is 890. The minimum atomic E-state index is -0.210. The maximum atomic E-state index is 11.4. The molecular formula is C19H19N5OS. The van der Waals surface area contributed by atoms with Crippen LogP contribution in [0.4, 0.5) is 5.95 Å². The maximum Gasteiger partial charge on any atom is 0.225 e. The molecule has 0 aromatic carbocycles. The Morgan fingerprint density at radius 3 is 2.62 bits per heavy atom. The van der Waals surface area contributed by atoms with E-state index in [9.17, 15) is 4.79 Å². The molecule has 3 aromatic heterocycles. The molecule has 0 atom stereocenters. The van der Waals surface area contributed by atoms with E-state index in [1.54, 1.807) is 23.7 Å². The molecule has 0 radical (unpaired) electrons. The van der Waals surface area contributed by atoms with Gasteiger partial charge in [0.25, 0.3) is 0 Å². The van der Waals surface area contributed by atoms with E-state index in [0.717, 1.165) is 47.6 Å². The molecule has 4 heterocycles. The Balaban J connectivity index is 1.68. The summed E-state index contributed by atoms with van der Waals surface area (Å²) in [6.45, 7) is 1.48. The second-order valence-corrected chi connectivity index (χ2v) is 7.26. The first kappa shape index (κ1) is 16.7. The lowest BCUT2D eigenvalue weighted by atomic mass is 9.96. The highest BCUT2D eigenvalue weighted by Crippen LogP contribution is 2.34. The van der Waals surface area contributed by atoms with E-state index < -0.39 is 0 Å². The van der Waals surface area contributed by atoms with Crippen LogP contribution in [-0.2, 0) is 4.79 Å². The molecule has 3 aromatic rings. The molecule has 2 N–H and O–H groups in total. The fraction of sp³-hybridized carbons (Fsp3) is 0.263. The Kier molecular flexibility index (Phi) is 4.62. The van der Waals surface area contributed by atoms with Crippen LogP contribution in [-0.4, -0.2) is 33.9 Å². The topological polar surface area (TPSA) is 85.0 Å². The third kappa shape index (κ3) is 3.30. The summed E-state index contributed by atoms with van der Waals surface area (Å²) in [6, 6.07) is 8.03. The van der Waals surface area contributed by atoms with E-state index in [-0.39, 0.29) is 11.8 Å². The van der Waals surface area contributed by atoms with Gasteiger partial charge in [-0.15, -0.1) is 11.3 Å². The molecule has 0 saturated carbocycles. The smallest absolute Gasteiger partial charge is 0.225 e. The van der Waals surface area contributed by atoms with Gasteiger partial charge in [-0.05, 0) is 42.0 Å². The maximum absolute atomic E-state index is 11.4. The van der Waals surface area contributed by atoms with Crippen molar-refractivity contribution in [3.8, 4) is 21.7 Å². The molecule has 0 unspecified atom stereocenters. The molecule has 1 aliphatic rings. The summed E-state index contributed by atoms with van der Waals surface area (Å²) in [7, 11) is 0. The monoisotopic (exact) mass is 365 g/mol. The number of amides is 1. The van der Waals surface area contributed by atoms with Gasteiger partial charge in [0, 0.05) is 43.2 Å². The molecule has 0 spiro atoms. The number of hydrogen-bond acceptors (Lipinski definition) is 6. The highest BCUT2D eigenvalue weighted by Gasteiger charge is 2.25. The van der Waals surface area contributed by atoms with Gasteiger partial charge in [0.2, 0.25) is 11.9 Å². The van der Waals surface area contributed by atoms with Crippen molar-refractivity contribution in [2.45, 2.75) is 12.8 Å². The molecule has 26 heavy (non-hydrogen) atoms. The van der Waals surface area contributed by atoms with Crippen molar-refractivity contribution in [2.24, 2.45) is 11.7 Å². The summed E-state index contributed by atoms with van der Waals surface area (Å²) < 4.78 is 0. The van der Waals surface area contributed by atoms with Crippen molar-refractivity contribution < 1.29 is 4.79 Å². The first-order valence-electron chi connectivity index (χ1n) is 8.58. The zero-order valence-electron chi connectivity index (χ0n) is 14.2. The van der Waals surface area contributed by atoms with Gasteiger partial charge in [0.05, 0.1) is 10.6 Å². The second-order valence-electron chi connectivity index (χ2n) is 6.31. The molecule has 1 aliphatic heterocycles. The minimum Gasteiger partial charge on any atom is -0.369 e. The van der Waals surface area contributed by atoms with E-state index in [4.69, 9.17) is 10.7 Å². The van der Waals surface area contributed by atoms with Gasteiger partial charge >= 0.3 is 0 Å². The highest BCUT2D eigenvalue weighted by molar-refractivity contribution is 7.13. The molecule has 0 aliphatic carbocycles. The number of carbonyl (C=O) groups excluding carboxylic acids is 1. The zero-order chi connectivity index (χ0) is 17.9. The lowest BCUT2D eigenvalue weighted by molar-refractivity contribution is -0.122. The Morgan fingerprint density at radius 2 is 1.96 bits per heavy atom. The van der Waals surface area contributed by atoms with E-state index in [1.165, 1.54) is 0 Å². The van der Waals surface area contributed by atoms with Crippen LogP contribution in [0.2, 0.25) is 0 Å². The predicted octanol–water partition coefficient (Wildman–Crippen LogP) is 2.97. The van der Waals surface area contributed by atoms with Crippen molar-refractivity contribution in [2.75, 3.05) is 18.0 Å². The number of pyridine rings is 1. The van der Waals surface area contributed by atoms with Crippen LogP contribution < -0.4 is 10.6 Å². The highest BCUT2D eigenvalue weighted by atomic mass is 32.1. The SMILES string of the molecule is NC(=O)C1CCN(c2ncc(-c3ccncc3)c(-c3cccs3)n2)CC1. The number of rotatable bonds is 4. The molecule has 132 valence electrons. The van der Waals surface area contributed by atoms with Gasteiger partial charge < -0.3 is 10.6 Å². The average molecular weight is 365 g/mol. The first-order chi connectivity index (χ1) is 12.7. The second kappa shape index (κ2) is 7.21. The number of hydrogen-bond donors (Lipinski definition) is 1. The summed E-state index contributed by atoms with van der Waals surface area (Å²) in [5.74, 6) is 0.450. The molecule has 1 fully saturated rings. The van der Waals surface area contributed by atoms with Crippen molar-refractivity contribution in [1.29, 1.82) is 0 Å². The number of carbonyl (C=O) groups is 1. The average Bonchev–Trinajstić information content (AvgIpc) is 3.23. The molecule has 0 bridgehead atoms. The number of piperidine rings is 1. The van der Waals surface area contributed by atoms with E-state index in [2.05, 4.69) is 20.9 Å². The largest absolute Gasteiger partial charge is 0.369 e. The minimum absolute atomic E-state index is 0.0425. The predicted molar refractivity (Wildman–Crippen MR) is 103 cm³/mol. The van der Waals surface area contributed by atoms with Gasteiger partial charge in [-0.1, -0.05) is 6.07 Å². The van der Waals surface area contributed by atoms with E-state index >= 15 is 0 Å². The van der Waals surface area contributed by atoms with Crippen molar-refractivity contribution in [3.05, 3.63) is 48.2 Å². The summed E-state index contributed by atoms with van der Waals surface area (Å²) in [4.78, 5) is 28.2. The van der Waals surface area contributed by atoms with Crippen molar-refractivity contribution in [3.63, 3.8) is 0 Å². The van der Waals surface area contributed by atoms with E-state index in [1.807, 2.05) is 29.8 Å². The van der Waals surface area contributed by atoms with Crippen molar-refractivity contribution >= 4 is 23.2 Å². The zero-order valence-corrected chi connectivity index (χ0v) is 15.0. The van der Waals surface area contributed by atoms with Gasteiger partial charge in [-0.25, -0.2) is 9.97 Å². The fourth-order valence-electron chi connectivity index (χ4n) is 3.23. The number of nitrogens with zero attached hydrogens (tertiary/aromatic N) is 4. The Morgan fingerprint density at radius 1 is 1.19 bits per heavy atom. The van der Waals surface area contributed by atoms with E-state index in [0.29, 0.717) is 5.95 Å². The third-order valence-electron chi connectivity index (χ3n) is 4.70. The van der Waals surface area contributed by atoms with Crippen LogP contribution in [0.1, 0.15) is 12.8 Å². The van der Waals surface area contributed by atoms with Crippen LogP contribution in [0.5, 0.6) is 0 Å². The molecule has 1 amide bonds. The lowest BCUT2D eigenvalue weighted by Crippen LogP contribution is -2.39. The number of aromatic nitrogens is 3. The van der Waals surface area contributed by atoms with Gasteiger partial charge in [-0.3, -0.25) is 9.78 Å². The van der Waals surface area contributed by atoms with Crippen LogP contribution in [0, 0.1) is 5.92 Å². The quantitative estimate of drug-likeness (QED) is 0.768. The summed E-state index contributed by atoms with van der Waals surface area (Å²) >= 11 is 1.66. The van der Waals surface area contributed by atoms with Gasteiger partial charge in [0.1, 0.15) is 0 Å². The summed E-state index contributed by atoms with van der Waals surface area (Å²) in [5, 5.41) is 2.05. The van der Waals surface area contributed by atoms with Crippen LogP contribution in [0.25, 0.3) is 21.7 Å². The Hall–Kier alpha value is -2.80. The van der Waals surface area contributed by atoms with Crippen molar-refractivity contribution in [1.82, 2.24) is 15.0 Å². The van der Waals surface area contributed by atoms with Gasteiger partial charge in [0.15, 0.2) is 0 Å². The van der Waals surface area contributed by atoms with Crippen LogP contribution in [0.3, 0.4) is 0 Å². The molecule has 4 rings (SSSR count). The summed E-state index contributed by atoms with van der Waals surface area (Å²) in [5.41, 5.74) is 8.39. The lowest BCUT2D eigenvalue weighted by Gasteiger charge is -2.30. The fourth-order valence-corrected chi connectivity index (χ4v) is 3.96. The van der Waals surface area contributed by atoms with Crippen LogP contribution in [0.15, 0.2) is 48.2 Å². The van der Waals surface area contributed by atoms with Gasteiger partial charge in [-0.2, -0.15) is 0 Å². The Labute approximate surface area is 155 Å². The number of anilines is 1. The van der Waals surface area contributed by atoms with Crippen LogP contribution >= 0.6 is 11.3 Å². The molecule has 6 nitrogen and oxygen atoms in total.